The van der Waals surface area contributed by atoms with Crippen LogP contribution in [0.1, 0.15) is 30.8 Å². The molecular formula is C18H18ClN3O2S. The van der Waals surface area contributed by atoms with Crippen molar-refractivity contribution in [1.82, 2.24) is 15.0 Å². The second-order valence-corrected chi connectivity index (χ2v) is 6.98. The number of aryl methyl sites for hydroxylation is 1. The molecule has 2 aromatic heterocycles. The monoisotopic (exact) mass is 375 g/mol. The van der Waals surface area contributed by atoms with Crippen molar-refractivity contribution in [2.75, 3.05) is 7.05 Å². The highest BCUT2D eigenvalue weighted by Crippen LogP contribution is 2.23. The Balaban J connectivity index is 1.58. The lowest BCUT2D eigenvalue weighted by Gasteiger charge is -2.25. The van der Waals surface area contributed by atoms with Gasteiger partial charge in [0.25, 0.3) is 0 Å². The molecule has 0 N–H and O–H groups in total. The number of hydrogen-bond acceptors (Lipinski definition) is 5. The van der Waals surface area contributed by atoms with Gasteiger partial charge in [-0.05, 0) is 36.1 Å². The van der Waals surface area contributed by atoms with Crippen LogP contribution in [0.5, 0.6) is 0 Å². The lowest BCUT2D eigenvalue weighted by molar-refractivity contribution is -0.131. The number of benzene rings is 1. The molecule has 25 heavy (non-hydrogen) atoms. The number of thiophene rings is 1. The minimum atomic E-state index is -0.0600. The Kier molecular flexibility index (Phi) is 5.50. The van der Waals surface area contributed by atoms with Gasteiger partial charge in [0.2, 0.25) is 17.6 Å². The average molecular weight is 376 g/mol. The van der Waals surface area contributed by atoms with Gasteiger partial charge in [-0.2, -0.15) is 16.3 Å². The van der Waals surface area contributed by atoms with Gasteiger partial charge >= 0.3 is 0 Å². The molecule has 1 atom stereocenters. The Morgan fingerprint density at radius 3 is 2.96 bits per heavy atom. The van der Waals surface area contributed by atoms with Crippen LogP contribution < -0.4 is 0 Å². The van der Waals surface area contributed by atoms with E-state index in [-0.39, 0.29) is 11.9 Å². The number of carbonyl (C=O) groups is 1. The summed E-state index contributed by atoms with van der Waals surface area (Å²) in [4.78, 5) is 18.5. The smallest absolute Gasteiger partial charge is 0.227 e. The van der Waals surface area contributed by atoms with Crippen LogP contribution in [0.3, 0.4) is 0 Å². The summed E-state index contributed by atoms with van der Waals surface area (Å²) in [5.74, 6) is 1.05. The lowest BCUT2D eigenvalue weighted by atomic mass is 10.1. The van der Waals surface area contributed by atoms with Gasteiger partial charge < -0.3 is 9.42 Å². The fourth-order valence-corrected chi connectivity index (χ4v) is 3.29. The van der Waals surface area contributed by atoms with E-state index in [2.05, 4.69) is 10.1 Å². The molecule has 130 valence electrons. The van der Waals surface area contributed by atoms with E-state index < -0.39 is 0 Å². The van der Waals surface area contributed by atoms with E-state index in [4.69, 9.17) is 16.1 Å². The van der Waals surface area contributed by atoms with Gasteiger partial charge in [-0.15, -0.1) is 0 Å². The molecule has 1 amide bonds. The second kappa shape index (κ2) is 7.80. The van der Waals surface area contributed by atoms with Gasteiger partial charge in [-0.1, -0.05) is 28.9 Å². The first-order valence-electron chi connectivity index (χ1n) is 7.91. The summed E-state index contributed by atoms with van der Waals surface area (Å²) in [5, 5.41) is 8.54. The molecular weight excluding hydrogens is 358 g/mol. The van der Waals surface area contributed by atoms with Crippen LogP contribution in [0.4, 0.5) is 0 Å². The van der Waals surface area contributed by atoms with E-state index in [1.807, 2.05) is 48.0 Å². The van der Waals surface area contributed by atoms with Crippen molar-refractivity contribution in [1.29, 1.82) is 0 Å². The molecule has 0 spiro atoms. The molecule has 0 saturated carbocycles. The molecule has 0 fully saturated rings. The van der Waals surface area contributed by atoms with Crippen LogP contribution in [-0.2, 0) is 11.2 Å². The number of hydrogen-bond donors (Lipinski definition) is 0. The van der Waals surface area contributed by atoms with Crippen molar-refractivity contribution in [2.45, 2.75) is 25.8 Å². The zero-order valence-electron chi connectivity index (χ0n) is 14.0. The molecule has 7 heteroatoms. The maximum Gasteiger partial charge on any atom is 0.227 e. The van der Waals surface area contributed by atoms with Crippen molar-refractivity contribution < 1.29 is 9.32 Å². The highest BCUT2D eigenvalue weighted by atomic mass is 35.5. The quantitative estimate of drug-likeness (QED) is 0.631. The molecule has 5 nitrogen and oxygen atoms in total. The van der Waals surface area contributed by atoms with Crippen molar-refractivity contribution in [2.24, 2.45) is 0 Å². The fourth-order valence-electron chi connectivity index (χ4n) is 2.46. The van der Waals surface area contributed by atoms with Crippen molar-refractivity contribution >= 4 is 28.8 Å². The molecule has 0 aliphatic carbocycles. The van der Waals surface area contributed by atoms with E-state index >= 15 is 0 Å². The van der Waals surface area contributed by atoms with E-state index in [1.165, 1.54) is 0 Å². The second-order valence-electron chi connectivity index (χ2n) is 5.76. The summed E-state index contributed by atoms with van der Waals surface area (Å²) < 4.78 is 5.23. The lowest BCUT2D eigenvalue weighted by Crippen LogP contribution is -2.29. The molecule has 1 unspecified atom stereocenters. The minimum absolute atomic E-state index is 0.0164. The van der Waals surface area contributed by atoms with Crippen LogP contribution in [-0.4, -0.2) is 28.0 Å². The topological polar surface area (TPSA) is 59.2 Å². The van der Waals surface area contributed by atoms with Gasteiger partial charge in [-0.25, -0.2) is 0 Å². The predicted octanol–water partition coefficient (Wildman–Crippen LogP) is 4.60. The first kappa shape index (κ1) is 17.6. The summed E-state index contributed by atoms with van der Waals surface area (Å²) in [7, 11) is 1.79. The van der Waals surface area contributed by atoms with Crippen molar-refractivity contribution in [3.05, 3.63) is 57.6 Å². The number of carbonyl (C=O) groups excluding carboxylic acids is 1. The Hall–Kier alpha value is -2.18. The number of rotatable bonds is 6. The third-order valence-corrected chi connectivity index (χ3v) is 5.02. The number of nitrogens with zero attached hydrogens (tertiary/aromatic N) is 3. The highest BCUT2D eigenvalue weighted by Gasteiger charge is 2.19. The number of aromatic nitrogens is 2. The predicted molar refractivity (Wildman–Crippen MR) is 98.6 cm³/mol. The summed E-state index contributed by atoms with van der Waals surface area (Å²) in [6.07, 6.45) is 0.731. The molecule has 1 aromatic carbocycles. The molecule has 0 bridgehead atoms. The average Bonchev–Trinajstić information content (AvgIpc) is 3.29. The van der Waals surface area contributed by atoms with Crippen molar-refractivity contribution in [3.63, 3.8) is 0 Å². The molecule has 3 aromatic rings. The Labute approximate surface area is 155 Å². The molecule has 0 saturated heterocycles. The summed E-state index contributed by atoms with van der Waals surface area (Å²) in [6, 6.07) is 9.42. The zero-order valence-corrected chi connectivity index (χ0v) is 15.5. The van der Waals surface area contributed by atoms with Gasteiger partial charge in [0.1, 0.15) is 0 Å². The third-order valence-electron chi connectivity index (χ3n) is 4.11. The normalized spacial score (nSPS) is 12.1. The minimum Gasteiger partial charge on any atom is -0.339 e. The van der Waals surface area contributed by atoms with Crippen molar-refractivity contribution in [3.8, 4) is 11.4 Å². The molecule has 0 aliphatic heterocycles. The van der Waals surface area contributed by atoms with Crippen LogP contribution in [0, 0.1) is 0 Å². The molecule has 2 heterocycles. The summed E-state index contributed by atoms with van der Waals surface area (Å²) in [6.45, 7) is 1.98. The molecule has 0 aliphatic rings. The number of amides is 1. The van der Waals surface area contributed by atoms with Crippen LogP contribution in [0.2, 0.25) is 5.02 Å². The SMILES string of the molecule is CC(c1cccc(Cl)c1)N(C)C(=O)CCc1nc(-c2ccsc2)no1. The maximum absolute atomic E-state index is 12.5. The van der Waals surface area contributed by atoms with E-state index in [0.717, 1.165) is 11.1 Å². The van der Waals surface area contributed by atoms with Gasteiger partial charge in [0, 0.05) is 35.9 Å². The van der Waals surface area contributed by atoms with E-state index in [1.54, 1.807) is 23.3 Å². The van der Waals surface area contributed by atoms with Crippen LogP contribution >= 0.6 is 22.9 Å². The van der Waals surface area contributed by atoms with Gasteiger partial charge in [-0.3, -0.25) is 4.79 Å². The Morgan fingerprint density at radius 2 is 2.24 bits per heavy atom. The van der Waals surface area contributed by atoms with E-state index in [9.17, 15) is 4.79 Å². The number of halogens is 1. The zero-order chi connectivity index (χ0) is 17.8. The van der Waals surface area contributed by atoms with Gasteiger partial charge in [0.05, 0.1) is 6.04 Å². The third kappa shape index (κ3) is 4.27. The van der Waals surface area contributed by atoms with Gasteiger partial charge in [0.15, 0.2) is 0 Å². The highest BCUT2D eigenvalue weighted by molar-refractivity contribution is 7.08. The first-order chi connectivity index (χ1) is 12.0. The summed E-state index contributed by atoms with van der Waals surface area (Å²) in [5.41, 5.74) is 1.93. The Bertz CT molecular complexity index is 848. The first-order valence-corrected chi connectivity index (χ1v) is 9.23. The Morgan fingerprint density at radius 1 is 1.40 bits per heavy atom. The van der Waals surface area contributed by atoms with Crippen LogP contribution in [0.15, 0.2) is 45.6 Å². The maximum atomic E-state index is 12.5. The molecule has 0 radical (unpaired) electrons. The molecule has 3 rings (SSSR count). The largest absolute Gasteiger partial charge is 0.339 e. The fraction of sp³-hybridized carbons (Fsp3) is 0.278. The summed E-state index contributed by atoms with van der Waals surface area (Å²) >= 11 is 7.60. The van der Waals surface area contributed by atoms with E-state index in [0.29, 0.717) is 29.6 Å². The van der Waals surface area contributed by atoms with Crippen LogP contribution in [0.25, 0.3) is 11.4 Å². The standard InChI is InChI=1S/C18H18ClN3O2S/c1-12(13-4-3-5-15(19)10-13)22(2)17(23)7-6-16-20-18(21-24-16)14-8-9-25-11-14/h3-5,8-12H,6-7H2,1-2H3.